The second-order valence-electron chi connectivity index (χ2n) is 1.74. The van der Waals surface area contributed by atoms with E-state index in [0.717, 1.165) is 5.84 Å². The van der Waals surface area contributed by atoms with Crippen molar-refractivity contribution in [1.29, 1.82) is 0 Å². The number of aliphatic imine (C=N–C) groups is 1. The lowest BCUT2D eigenvalue weighted by atomic mass is 10.6. The van der Waals surface area contributed by atoms with E-state index in [0.29, 0.717) is 0 Å². The van der Waals surface area contributed by atoms with Crippen molar-refractivity contribution in [2.75, 3.05) is 7.05 Å². The third-order valence-corrected chi connectivity index (χ3v) is 0.825. The zero-order valence-corrected chi connectivity index (χ0v) is 5.97. The molecule has 0 fully saturated rings. The molecule has 3 heteroatoms. The van der Waals surface area contributed by atoms with Crippen LogP contribution in [0.25, 0.3) is 0 Å². The summed E-state index contributed by atoms with van der Waals surface area (Å²) >= 11 is 0. The lowest BCUT2D eigenvalue weighted by Gasteiger charge is -1.95. The van der Waals surface area contributed by atoms with Crippen LogP contribution in [-0.4, -0.2) is 18.0 Å². The first-order valence-electron chi connectivity index (χ1n) is 2.72. The van der Waals surface area contributed by atoms with Crippen molar-refractivity contribution in [1.82, 2.24) is 5.32 Å². The first kappa shape index (κ1) is 8.01. The molecule has 9 heavy (non-hydrogen) atoms. The van der Waals surface area contributed by atoms with E-state index in [1.165, 1.54) is 6.20 Å². The molecule has 0 aromatic heterocycles. The quantitative estimate of drug-likeness (QED) is 0.315. The van der Waals surface area contributed by atoms with Crippen LogP contribution in [0.2, 0.25) is 0 Å². The summed E-state index contributed by atoms with van der Waals surface area (Å²) in [6.45, 7) is 3.41. The molecule has 0 aromatic rings. The third-order valence-electron chi connectivity index (χ3n) is 0.825. The summed E-state index contributed by atoms with van der Waals surface area (Å²) < 4.78 is 0. The Balaban J connectivity index is 3.64. The van der Waals surface area contributed by atoms with E-state index in [4.69, 9.17) is 5.11 Å². The lowest BCUT2D eigenvalue weighted by molar-refractivity contribution is 0.411. The van der Waals surface area contributed by atoms with Crippen molar-refractivity contribution >= 4 is 5.84 Å². The zero-order valence-electron chi connectivity index (χ0n) is 5.97. The van der Waals surface area contributed by atoms with Crippen molar-refractivity contribution in [3.05, 3.63) is 12.0 Å². The van der Waals surface area contributed by atoms with Gasteiger partial charge in [0.25, 0.3) is 0 Å². The van der Waals surface area contributed by atoms with Gasteiger partial charge in [-0.15, -0.1) is 0 Å². The maximum Gasteiger partial charge on any atom is 0.105 e. The van der Waals surface area contributed by atoms with Gasteiger partial charge in [-0.2, -0.15) is 0 Å². The number of hydrogen-bond donors (Lipinski definition) is 2. The molecule has 0 unspecified atom stereocenters. The molecule has 52 valence electrons. The molecule has 2 N–H and O–H groups in total. The fraction of sp³-hybridized carbons (Fsp3) is 0.500. The summed E-state index contributed by atoms with van der Waals surface area (Å²) in [6.07, 6.45) is 1.49. The van der Waals surface area contributed by atoms with Crippen LogP contribution < -0.4 is 5.32 Å². The van der Waals surface area contributed by atoms with Gasteiger partial charge in [0.1, 0.15) is 5.76 Å². The predicted octanol–water partition coefficient (Wildman–Crippen LogP) is 1.04. The maximum atomic E-state index is 8.64. The molecule has 0 aromatic carbocycles. The third kappa shape index (κ3) is 4.87. The Morgan fingerprint density at radius 1 is 1.56 bits per heavy atom. The largest absolute Gasteiger partial charge is 0.511 e. The van der Waals surface area contributed by atoms with Crippen LogP contribution in [0.3, 0.4) is 0 Å². The van der Waals surface area contributed by atoms with Crippen LogP contribution in [0.4, 0.5) is 0 Å². The maximum absolute atomic E-state index is 8.64. The highest BCUT2D eigenvalue weighted by atomic mass is 16.3. The Hall–Kier alpha value is -0.990. The van der Waals surface area contributed by atoms with Gasteiger partial charge in [-0.25, -0.2) is 0 Å². The van der Waals surface area contributed by atoms with Gasteiger partial charge < -0.3 is 10.4 Å². The minimum Gasteiger partial charge on any atom is -0.511 e. The predicted molar refractivity (Wildman–Crippen MR) is 38.6 cm³/mol. The molecule has 0 aliphatic heterocycles. The molecule has 0 bridgehead atoms. The number of aliphatic hydroxyl groups excluding tert-OH is 1. The molecule has 0 aliphatic rings. The van der Waals surface area contributed by atoms with E-state index in [1.807, 2.05) is 6.92 Å². The number of rotatable bonds is 1. The van der Waals surface area contributed by atoms with Gasteiger partial charge in [-0.3, -0.25) is 4.99 Å². The van der Waals surface area contributed by atoms with Gasteiger partial charge in [-0.05, 0) is 13.8 Å². The summed E-state index contributed by atoms with van der Waals surface area (Å²) in [5.41, 5.74) is 0. The molecule has 3 nitrogen and oxygen atoms in total. The highest BCUT2D eigenvalue weighted by Gasteiger charge is 1.81. The Morgan fingerprint density at radius 2 is 2.11 bits per heavy atom. The van der Waals surface area contributed by atoms with Crippen LogP contribution in [0.5, 0.6) is 0 Å². The van der Waals surface area contributed by atoms with Gasteiger partial charge in [0.2, 0.25) is 0 Å². The number of nitrogens with zero attached hydrogens (tertiary/aromatic N) is 1. The van der Waals surface area contributed by atoms with E-state index < -0.39 is 0 Å². The summed E-state index contributed by atoms with van der Waals surface area (Å²) in [5.74, 6) is 1.03. The second kappa shape index (κ2) is 3.95. The van der Waals surface area contributed by atoms with Crippen LogP contribution in [0, 0.1) is 0 Å². The molecular formula is C6H12N2O. The van der Waals surface area contributed by atoms with Gasteiger partial charge in [-0.1, -0.05) is 0 Å². The standard InChI is InChI=1S/C6H12N2O/c1-5(9)4-8-6(2)7-3/h4,9H,1-3H3,(H,7,8)/b5-4+. The Morgan fingerprint density at radius 3 is 2.44 bits per heavy atom. The fourth-order valence-corrected chi connectivity index (χ4v) is 0.273. The highest BCUT2D eigenvalue weighted by molar-refractivity contribution is 5.80. The van der Waals surface area contributed by atoms with E-state index in [-0.39, 0.29) is 5.76 Å². The van der Waals surface area contributed by atoms with Crippen molar-refractivity contribution in [3.63, 3.8) is 0 Å². The summed E-state index contributed by atoms with van der Waals surface area (Å²) in [7, 11) is 1.68. The van der Waals surface area contributed by atoms with Crippen LogP contribution in [0.15, 0.2) is 17.0 Å². The molecule has 0 heterocycles. The average Bonchev–Trinajstić information content (AvgIpc) is 1.83. The molecule has 0 aliphatic carbocycles. The smallest absolute Gasteiger partial charge is 0.105 e. The van der Waals surface area contributed by atoms with Gasteiger partial charge in [0.15, 0.2) is 0 Å². The molecule has 0 rings (SSSR count). The second-order valence-corrected chi connectivity index (χ2v) is 1.74. The number of allylic oxidation sites excluding steroid dienone is 1. The Kier molecular flexibility index (Phi) is 3.51. The SMILES string of the molecule is CN=C(C)N/C=C(\C)O. The van der Waals surface area contributed by atoms with Gasteiger partial charge in [0.05, 0.1) is 5.84 Å². The molecule has 0 saturated carbocycles. The minimum absolute atomic E-state index is 0.248. The van der Waals surface area contributed by atoms with E-state index in [1.54, 1.807) is 14.0 Å². The molecule has 0 atom stereocenters. The molecule has 0 spiro atoms. The number of amidine groups is 1. The minimum atomic E-state index is 0.248. The number of aliphatic hydroxyl groups is 1. The molecule has 0 radical (unpaired) electrons. The number of hydrogen-bond acceptors (Lipinski definition) is 2. The Bertz CT molecular complexity index is 134. The number of nitrogens with one attached hydrogen (secondary N) is 1. The summed E-state index contributed by atoms with van der Waals surface area (Å²) in [5, 5.41) is 11.4. The van der Waals surface area contributed by atoms with Crippen molar-refractivity contribution < 1.29 is 5.11 Å². The first-order valence-corrected chi connectivity index (χ1v) is 2.72. The fourth-order valence-electron chi connectivity index (χ4n) is 0.273. The molecule has 0 saturated heterocycles. The van der Waals surface area contributed by atoms with Crippen LogP contribution >= 0.6 is 0 Å². The zero-order chi connectivity index (χ0) is 7.28. The average molecular weight is 128 g/mol. The van der Waals surface area contributed by atoms with Crippen LogP contribution in [0.1, 0.15) is 13.8 Å². The van der Waals surface area contributed by atoms with E-state index in [2.05, 4.69) is 10.3 Å². The van der Waals surface area contributed by atoms with Gasteiger partial charge in [0, 0.05) is 13.2 Å². The lowest BCUT2D eigenvalue weighted by Crippen LogP contribution is -2.12. The van der Waals surface area contributed by atoms with Crippen molar-refractivity contribution in [3.8, 4) is 0 Å². The van der Waals surface area contributed by atoms with Gasteiger partial charge >= 0.3 is 0 Å². The van der Waals surface area contributed by atoms with Crippen molar-refractivity contribution in [2.45, 2.75) is 13.8 Å². The first-order chi connectivity index (χ1) is 4.16. The topological polar surface area (TPSA) is 44.6 Å². The van der Waals surface area contributed by atoms with E-state index >= 15 is 0 Å². The highest BCUT2D eigenvalue weighted by Crippen LogP contribution is 1.78. The monoisotopic (exact) mass is 128 g/mol. The van der Waals surface area contributed by atoms with Crippen LogP contribution in [-0.2, 0) is 0 Å². The summed E-state index contributed by atoms with van der Waals surface area (Å²) in [6, 6.07) is 0. The Labute approximate surface area is 55.1 Å². The summed E-state index contributed by atoms with van der Waals surface area (Å²) in [4.78, 5) is 3.81. The molecule has 0 amide bonds. The molecular weight excluding hydrogens is 116 g/mol. The van der Waals surface area contributed by atoms with E-state index in [9.17, 15) is 0 Å². The van der Waals surface area contributed by atoms with Crippen molar-refractivity contribution in [2.24, 2.45) is 4.99 Å². The normalized spacial score (nSPS) is 13.7.